The van der Waals surface area contributed by atoms with Gasteiger partial charge in [-0.3, -0.25) is 4.79 Å². The van der Waals surface area contributed by atoms with Crippen LogP contribution in [0.4, 0.5) is 0 Å². The summed E-state index contributed by atoms with van der Waals surface area (Å²) in [5, 5.41) is 9.85. The third-order valence-corrected chi connectivity index (χ3v) is 3.06. The van der Waals surface area contributed by atoms with E-state index in [2.05, 4.69) is 0 Å². The van der Waals surface area contributed by atoms with E-state index in [0.29, 0.717) is 12.8 Å². The van der Waals surface area contributed by atoms with Crippen LogP contribution >= 0.6 is 0 Å². The molecule has 0 heterocycles. The summed E-state index contributed by atoms with van der Waals surface area (Å²) in [7, 11) is 0. The average molecular weight is 204 g/mol. The SMILES string of the molecule is CCC(O)c1cccc2c1C(=O)CCC2. The maximum atomic E-state index is 11.8. The molecule has 0 bridgehead atoms. The van der Waals surface area contributed by atoms with E-state index >= 15 is 0 Å². The Kier molecular flexibility index (Phi) is 2.87. The first-order valence-electron chi connectivity index (χ1n) is 5.57. The highest BCUT2D eigenvalue weighted by Gasteiger charge is 2.22. The third-order valence-electron chi connectivity index (χ3n) is 3.06. The summed E-state index contributed by atoms with van der Waals surface area (Å²) in [5.41, 5.74) is 2.72. The highest BCUT2D eigenvalue weighted by molar-refractivity contribution is 5.99. The fourth-order valence-electron chi connectivity index (χ4n) is 2.23. The zero-order valence-corrected chi connectivity index (χ0v) is 8.99. The standard InChI is InChI=1S/C13H16O2/c1-2-11(14)10-7-3-5-9-6-4-8-12(15)13(9)10/h3,5,7,11,14H,2,4,6,8H2,1H3. The topological polar surface area (TPSA) is 37.3 Å². The average Bonchev–Trinajstić information content (AvgIpc) is 2.28. The number of aliphatic hydroxyl groups excluding tert-OH is 1. The molecule has 15 heavy (non-hydrogen) atoms. The van der Waals surface area contributed by atoms with Crippen molar-refractivity contribution in [3.8, 4) is 0 Å². The minimum Gasteiger partial charge on any atom is -0.388 e. The molecular weight excluding hydrogens is 188 g/mol. The Bertz CT molecular complexity index is 382. The van der Waals surface area contributed by atoms with Gasteiger partial charge in [-0.2, -0.15) is 0 Å². The van der Waals surface area contributed by atoms with Gasteiger partial charge in [-0.15, -0.1) is 0 Å². The highest BCUT2D eigenvalue weighted by atomic mass is 16.3. The van der Waals surface area contributed by atoms with Gasteiger partial charge in [0, 0.05) is 12.0 Å². The minimum atomic E-state index is -0.498. The third kappa shape index (κ3) is 1.82. The number of rotatable bonds is 2. The van der Waals surface area contributed by atoms with E-state index in [9.17, 15) is 9.90 Å². The van der Waals surface area contributed by atoms with Crippen LogP contribution < -0.4 is 0 Å². The second-order valence-corrected chi connectivity index (χ2v) is 4.08. The first kappa shape index (κ1) is 10.4. The number of ketones is 1. The molecular formula is C13H16O2. The van der Waals surface area contributed by atoms with Gasteiger partial charge in [0.2, 0.25) is 0 Å². The lowest BCUT2D eigenvalue weighted by Crippen LogP contribution is -2.15. The molecule has 0 spiro atoms. The molecule has 2 rings (SSSR count). The van der Waals surface area contributed by atoms with Crippen LogP contribution in [0.5, 0.6) is 0 Å². The van der Waals surface area contributed by atoms with E-state index in [-0.39, 0.29) is 5.78 Å². The smallest absolute Gasteiger partial charge is 0.163 e. The first-order valence-corrected chi connectivity index (χ1v) is 5.57. The van der Waals surface area contributed by atoms with E-state index < -0.39 is 6.10 Å². The van der Waals surface area contributed by atoms with Crippen molar-refractivity contribution in [1.29, 1.82) is 0 Å². The van der Waals surface area contributed by atoms with Gasteiger partial charge in [-0.05, 0) is 30.4 Å². The fraction of sp³-hybridized carbons (Fsp3) is 0.462. The second-order valence-electron chi connectivity index (χ2n) is 4.08. The van der Waals surface area contributed by atoms with E-state index in [1.54, 1.807) is 0 Å². The first-order chi connectivity index (χ1) is 7.24. The van der Waals surface area contributed by atoms with Crippen LogP contribution in [0.15, 0.2) is 18.2 Å². The quantitative estimate of drug-likeness (QED) is 0.804. The molecule has 1 aliphatic carbocycles. The van der Waals surface area contributed by atoms with Crippen LogP contribution in [0.1, 0.15) is 53.8 Å². The summed E-state index contributed by atoms with van der Waals surface area (Å²) < 4.78 is 0. The van der Waals surface area contributed by atoms with Crippen molar-refractivity contribution in [1.82, 2.24) is 0 Å². The van der Waals surface area contributed by atoms with Crippen molar-refractivity contribution in [2.24, 2.45) is 0 Å². The van der Waals surface area contributed by atoms with Crippen LogP contribution in [0.25, 0.3) is 0 Å². The number of aryl methyl sites for hydroxylation is 1. The molecule has 0 radical (unpaired) electrons. The van der Waals surface area contributed by atoms with Crippen molar-refractivity contribution in [3.05, 3.63) is 34.9 Å². The minimum absolute atomic E-state index is 0.194. The van der Waals surface area contributed by atoms with Crippen LogP contribution in [0.3, 0.4) is 0 Å². The highest BCUT2D eigenvalue weighted by Crippen LogP contribution is 2.29. The summed E-state index contributed by atoms with van der Waals surface area (Å²) >= 11 is 0. The maximum absolute atomic E-state index is 11.8. The summed E-state index contributed by atoms with van der Waals surface area (Å²) in [4.78, 5) is 11.8. The molecule has 1 aliphatic rings. The van der Waals surface area contributed by atoms with E-state index in [1.165, 1.54) is 0 Å². The lowest BCUT2D eigenvalue weighted by molar-refractivity contribution is 0.0963. The van der Waals surface area contributed by atoms with Gasteiger partial charge in [-0.25, -0.2) is 0 Å². The predicted octanol–water partition coefficient (Wildman–Crippen LogP) is 2.65. The van der Waals surface area contributed by atoms with Crippen molar-refractivity contribution in [2.75, 3.05) is 0 Å². The summed E-state index contributed by atoms with van der Waals surface area (Å²) in [6, 6.07) is 5.81. The van der Waals surface area contributed by atoms with Crippen molar-refractivity contribution in [2.45, 2.75) is 38.7 Å². The molecule has 1 N–H and O–H groups in total. The number of benzene rings is 1. The second kappa shape index (κ2) is 4.15. The summed E-state index contributed by atoms with van der Waals surface area (Å²) in [5.74, 6) is 0.194. The largest absolute Gasteiger partial charge is 0.388 e. The number of aliphatic hydroxyl groups is 1. The van der Waals surface area contributed by atoms with Crippen molar-refractivity contribution >= 4 is 5.78 Å². The van der Waals surface area contributed by atoms with Gasteiger partial charge < -0.3 is 5.11 Å². The number of hydrogen-bond donors (Lipinski definition) is 1. The Morgan fingerprint density at radius 1 is 1.40 bits per heavy atom. The van der Waals surface area contributed by atoms with E-state index in [1.807, 2.05) is 25.1 Å². The Balaban J connectivity index is 2.51. The monoisotopic (exact) mass is 204 g/mol. The summed E-state index contributed by atoms with van der Waals surface area (Å²) in [6.45, 7) is 1.93. The fourth-order valence-corrected chi connectivity index (χ4v) is 2.23. The van der Waals surface area contributed by atoms with Gasteiger partial charge in [0.15, 0.2) is 5.78 Å². The van der Waals surface area contributed by atoms with Crippen LogP contribution in [0.2, 0.25) is 0 Å². The van der Waals surface area contributed by atoms with Crippen LogP contribution in [-0.2, 0) is 6.42 Å². The van der Waals surface area contributed by atoms with Crippen LogP contribution in [0, 0.1) is 0 Å². The number of carbonyl (C=O) groups excluding carboxylic acids is 1. The molecule has 1 unspecified atom stereocenters. The molecule has 2 heteroatoms. The lowest BCUT2D eigenvalue weighted by atomic mass is 9.85. The molecule has 0 saturated carbocycles. The number of carbonyl (C=O) groups is 1. The van der Waals surface area contributed by atoms with E-state index in [0.717, 1.165) is 29.5 Å². The zero-order valence-electron chi connectivity index (χ0n) is 8.99. The van der Waals surface area contributed by atoms with Gasteiger partial charge in [0.1, 0.15) is 0 Å². The predicted molar refractivity (Wildman–Crippen MR) is 59.0 cm³/mol. The molecule has 1 atom stereocenters. The van der Waals surface area contributed by atoms with Crippen molar-refractivity contribution in [3.63, 3.8) is 0 Å². The summed E-state index contributed by atoms with van der Waals surface area (Å²) in [6.07, 6.45) is 2.69. The van der Waals surface area contributed by atoms with Gasteiger partial charge in [0.25, 0.3) is 0 Å². The Morgan fingerprint density at radius 2 is 2.20 bits per heavy atom. The Morgan fingerprint density at radius 3 is 2.93 bits per heavy atom. The van der Waals surface area contributed by atoms with Crippen LogP contribution in [-0.4, -0.2) is 10.9 Å². The lowest BCUT2D eigenvalue weighted by Gasteiger charge is -2.20. The molecule has 0 amide bonds. The maximum Gasteiger partial charge on any atom is 0.163 e. The Labute approximate surface area is 89.9 Å². The van der Waals surface area contributed by atoms with E-state index in [4.69, 9.17) is 0 Å². The molecule has 1 aromatic carbocycles. The van der Waals surface area contributed by atoms with Gasteiger partial charge >= 0.3 is 0 Å². The molecule has 1 aromatic rings. The number of fused-ring (bicyclic) bond motifs is 1. The molecule has 2 nitrogen and oxygen atoms in total. The van der Waals surface area contributed by atoms with Gasteiger partial charge in [-0.1, -0.05) is 25.1 Å². The molecule has 80 valence electrons. The Hall–Kier alpha value is -1.15. The van der Waals surface area contributed by atoms with Crippen molar-refractivity contribution < 1.29 is 9.90 Å². The molecule has 0 aromatic heterocycles. The normalized spacial score (nSPS) is 17.3. The molecule has 0 fully saturated rings. The van der Waals surface area contributed by atoms with Gasteiger partial charge in [0.05, 0.1) is 6.10 Å². The number of Topliss-reactive ketones (excluding diaryl/α,β-unsaturated/α-hetero) is 1. The number of hydrogen-bond acceptors (Lipinski definition) is 2. The molecule has 0 saturated heterocycles. The molecule has 0 aliphatic heterocycles. The zero-order chi connectivity index (χ0) is 10.8.